The maximum Gasteiger partial charge on any atom is 0.0883 e. The molecule has 0 bridgehead atoms. The van der Waals surface area contributed by atoms with Crippen LogP contribution in [0, 0.1) is 6.92 Å². The minimum Gasteiger partial charge on any atom is -0.243 e. The largest absolute Gasteiger partial charge is 0.243 e. The maximum absolute atomic E-state index is 4.72. The van der Waals surface area contributed by atoms with Gasteiger partial charge in [-0.2, -0.15) is 0 Å². The first kappa shape index (κ1) is 11.0. The molecule has 0 saturated heterocycles. The molecule has 0 aliphatic rings. The lowest BCUT2D eigenvalue weighted by Gasteiger charge is -1.98. The van der Waals surface area contributed by atoms with Crippen LogP contribution in [0.2, 0.25) is 0 Å². The summed E-state index contributed by atoms with van der Waals surface area (Å²) in [5.74, 6) is 0. The van der Waals surface area contributed by atoms with Crippen molar-refractivity contribution in [2.75, 3.05) is 0 Å². The molecule has 1 heterocycles. The fraction of sp³-hybridized carbons (Fsp3) is 0.0714. The van der Waals surface area contributed by atoms with Gasteiger partial charge in [-0.05, 0) is 25.1 Å². The molecule has 0 aliphatic heterocycles. The standard InChI is InChI=1S/C14H11BrNP/c1-9-6-7-12-13(8-9)17-14(16-12)10-4-2-3-5-11(10)15/h2-8,17H,1H3. The molecule has 0 fully saturated rings. The van der Waals surface area contributed by atoms with Gasteiger partial charge in [0.05, 0.1) is 10.9 Å². The Morgan fingerprint density at radius 2 is 1.94 bits per heavy atom. The summed E-state index contributed by atoms with van der Waals surface area (Å²) in [6.07, 6.45) is 0. The number of aryl methyl sites for hydroxylation is 1. The molecule has 0 aliphatic carbocycles. The average molecular weight is 304 g/mol. The Labute approximate surface area is 110 Å². The quantitative estimate of drug-likeness (QED) is 0.616. The number of fused-ring (bicyclic) bond motifs is 1. The number of halogens is 1. The summed E-state index contributed by atoms with van der Waals surface area (Å²) >= 11 is 3.59. The van der Waals surface area contributed by atoms with Crippen molar-refractivity contribution in [3.05, 3.63) is 52.5 Å². The summed E-state index contributed by atoms with van der Waals surface area (Å²) in [5.41, 5.74) is 4.82. The Morgan fingerprint density at radius 1 is 1.12 bits per heavy atom. The van der Waals surface area contributed by atoms with Gasteiger partial charge in [-0.1, -0.05) is 45.8 Å². The lowest BCUT2D eigenvalue weighted by atomic mass is 10.2. The van der Waals surface area contributed by atoms with Gasteiger partial charge in [-0.3, -0.25) is 0 Å². The van der Waals surface area contributed by atoms with Crippen LogP contribution in [0.4, 0.5) is 0 Å². The number of hydrogen-bond donors (Lipinski definition) is 0. The lowest BCUT2D eigenvalue weighted by Crippen LogP contribution is -1.76. The van der Waals surface area contributed by atoms with Gasteiger partial charge in [0, 0.05) is 15.2 Å². The van der Waals surface area contributed by atoms with Gasteiger partial charge >= 0.3 is 0 Å². The summed E-state index contributed by atoms with van der Waals surface area (Å²) in [7, 11) is 0.661. The zero-order valence-corrected chi connectivity index (χ0v) is 12.0. The summed E-state index contributed by atoms with van der Waals surface area (Å²) < 4.78 is 1.12. The van der Waals surface area contributed by atoms with Crippen molar-refractivity contribution in [3.8, 4) is 11.0 Å². The van der Waals surface area contributed by atoms with Gasteiger partial charge in [0.1, 0.15) is 0 Å². The van der Waals surface area contributed by atoms with Crippen molar-refractivity contribution >= 4 is 34.8 Å². The van der Waals surface area contributed by atoms with Gasteiger partial charge in [0.25, 0.3) is 0 Å². The highest BCUT2D eigenvalue weighted by molar-refractivity contribution is 9.10. The molecular formula is C14H11BrNP. The van der Waals surface area contributed by atoms with Crippen molar-refractivity contribution in [2.45, 2.75) is 6.92 Å². The van der Waals surface area contributed by atoms with E-state index in [4.69, 9.17) is 4.98 Å². The van der Waals surface area contributed by atoms with Gasteiger partial charge < -0.3 is 0 Å². The topological polar surface area (TPSA) is 12.9 Å². The van der Waals surface area contributed by atoms with E-state index in [9.17, 15) is 0 Å². The van der Waals surface area contributed by atoms with E-state index >= 15 is 0 Å². The van der Waals surface area contributed by atoms with Crippen molar-refractivity contribution in [3.63, 3.8) is 0 Å². The normalized spacial score (nSPS) is 11.4. The Kier molecular flexibility index (Phi) is 2.78. The fourth-order valence-electron chi connectivity index (χ4n) is 1.90. The zero-order chi connectivity index (χ0) is 11.8. The molecule has 0 N–H and O–H groups in total. The third-order valence-electron chi connectivity index (χ3n) is 2.77. The molecule has 3 heteroatoms. The minimum absolute atomic E-state index is 0.661. The Morgan fingerprint density at radius 3 is 2.76 bits per heavy atom. The number of hydrogen-bond acceptors (Lipinski definition) is 1. The molecule has 1 atom stereocenters. The van der Waals surface area contributed by atoms with Gasteiger partial charge in [-0.15, -0.1) is 8.19 Å². The molecule has 3 aromatic rings. The van der Waals surface area contributed by atoms with E-state index in [2.05, 4.69) is 59.3 Å². The molecule has 3 rings (SSSR count). The van der Waals surface area contributed by atoms with E-state index in [1.54, 1.807) is 0 Å². The van der Waals surface area contributed by atoms with E-state index in [0.29, 0.717) is 8.19 Å². The molecule has 0 radical (unpaired) electrons. The Bertz CT molecular complexity index is 688. The second-order valence-corrected chi connectivity index (χ2v) is 6.20. The van der Waals surface area contributed by atoms with Crippen LogP contribution >= 0.6 is 24.1 Å². The Hall–Kier alpha value is -1.11. The van der Waals surface area contributed by atoms with Crippen LogP contribution < -0.4 is 0 Å². The van der Waals surface area contributed by atoms with E-state index in [0.717, 1.165) is 9.99 Å². The van der Waals surface area contributed by atoms with Crippen LogP contribution in [0.25, 0.3) is 21.6 Å². The van der Waals surface area contributed by atoms with Crippen LogP contribution in [0.1, 0.15) is 5.56 Å². The van der Waals surface area contributed by atoms with Crippen LogP contribution in [0.5, 0.6) is 0 Å². The van der Waals surface area contributed by atoms with Crippen LogP contribution in [-0.4, -0.2) is 4.98 Å². The first-order valence-corrected chi connectivity index (χ1v) is 7.24. The van der Waals surface area contributed by atoms with Crippen molar-refractivity contribution < 1.29 is 0 Å². The highest BCUT2D eigenvalue weighted by Gasteiger charge is 2.07. The third kappa shape index (κ3) is 2.03. The van der Waals surface area contributed by atoms with Gasteiger partial charge in [-0.25, -0.2) is 4.98 Å². The highest BCUT2D eigenvalue weighted by Crippen LogP contribution is 2.37. The number of rotatable bonds is 1. The lowest BCUT2D eigenvalue weighted by molar-refractivity contribution is 1.45. The second kappa shape index (κ2) is 4.29. The monoisotopic (exact) mass is 303 g/mol. The molecule has 2 aromatic carbocycles. The van der Waals surface area contributed by atoms with E-state index in [-0.39, 0.29) is 0 Å². The molecule has 0 spiro atoms. The highest BCUT2D eigenvalue weighted by atomic mass is 79.9. The second-order valence-electron chi connectivity index (χ2n) is 4.09. The van der Waals surface area contributed by atoms with Crippen molar-refractivity contribution in [1.29, 1.82) is 0 Å². The Balaban J connectivity index is 2.22. The first-order valence-electron chi connectivity index (χ1n) is 5.45. The van der Waals surface area contributed by atoms with Crippen molar-refractivity contribution in [2.24, 2.45) is 0 Å². The number of aromatic nitrogens is 1. The molecule has 17 heavy (non-hydrogen) atoms. The molecule has 0 amide bonds. The van der Waals surface area contributed by atoms with E-state index < -0.39 is 0 Å². The smallest absolute Gasteiger partial charge is 0.0883 e. The maximum atomic E-state index is 4.72. The molecule has 84 valence electrons. The molecule has 1 nitrogen and oxygen atoms in total. The predicted molar refractivity (Wildman–Crippen MR) is 79.1 cm³/mol. The SMILES string of the molecule is Cc1ccc2nc(-c3ccccc3Br)[pH]c2c1. The molecule has 1 aromatic heterocycles. The van der Waals surface area contributed by atoms with Crippen LogP contribution in [0.15, 0.2) is 46.9 Å². The number of nitrogens with zero attached hydrogens (tertiary/aromatic N) is 1. The predicted octanol–water partition coefficient (Wildman–Crippen LogP) is 5.00. The fourth-order valence-corrected chi connectivity index (χ4v) is 3.91. The summed E-state index contributed by atoms with van der Waals surface area (Å²) in [5, 5.41) is 1.36. The van der Waals surface area contributed by atoms with Crippen LogP contribution in [0.3, 0.4) is 0 Å². The zero-order valence-electron chi connectivity index (χ0n) is 9.37. The average Bonchev–Trinajstić information content (AvgIpc) is 2.72. The first-order chi connectivity index (χ1) is 8.24. The molecule has 0 saturated carbocycles. The van der Waals surface area contributed by atoms with Gasteiger partial charge in [0.2, 0.25) is 0 Å². The molecule has 1 unspecified atom stereocenters. The third-order valence-corrected chi connectivity index (χ3v) is 4.75. The minimum atomic E-state index is 0.661. The van der Waals surface area contributed by atoms with E-state index in [1.807, 2.05) is 6.07 Å². The summed E-state index contributed by atoms with van der Waals surface area (Å²) in [4.78, 5) is 4.72. The van der Waals surface area contributed by atoms with E-state index in [1.165, 1.54) is 21.7 Å². The molecular weight excluding hydrogens is 293 g/mol. The van der Waals surface area contributed by atoms with Crippen molar-refractivity contribution in [1.82, 2.24) is 4.98 Å². The van der Waals surface area contributed by atoms with Gasteiger partial charge in [0.15, 0.2) is 0 Å². The number of benzene rings is 2. The summed E-state index contributed by atoms with van der Waals surface area (Å²) in [6, 6.07) is 14.7. The summed E-state index contributed by atoms with van der Waals surface area (Å²) in [6.45, 7) is 2.13. The van der Waals surface area contributed by atoms with Crippen LogP contribution in [-0.2, 0) is 0 Å².